The zero-order chi connectivity index (χ0) is 19.5. The first-order valence-electron chi connectivity index (χ1n) is 9.61. The lowest BCUT2D eigenvalue weighted by atomic mass is 10.0. The molecule has 0 aromatic heterocycles. The fraction of sp³-hybridized carbons (Fsp3) is 0.208. The third-order valence-corrected chi connectivity index (χ3v) is 5.87. The van der Waals surface area contributed by atoms with E-state index in [4.69, 9.17) is 15.9 Å². The fourth-order valence-corrected chi connectivity index (χ4v) is 4.18. The summed E-state index contributed by atoms with van der Waals surface area (Å²) in [6.07, 6.45) is 7.34. The number of hydrogen-bond acceptors (Lipinski definition) is 2. The Morgan fingerprint density at radius 1 is 0.964 bits per heavy atom. The molecule has 0 bridgehead atoms. The Kier molecular flexibility index (Phi) is 5.49. The van der Waals surface area contributed by atoms with Gasteiger partial charge in [0.15, 0.2) is 0 Å². The molecule has 0 spiro atoms. The van der Waals surface area contributed by atoms with E-state index in [1.54, 1.807) is 0 Å². The second kappa shape index (κ2) is 8.19. The van der Waals surface area contributed by atoms with Crippen molar-refractivity contribution in [2.75, 3.05) is 0 Å². The Bertz CT molecular complexity index is 1050. The van der Waals surface area contributed by atoms with Crippen molar-refractivity contribution in [3.05, 3.63) is 77.4 Å². The summed E-state index contributed by atoms with van der Waals surface area (Å²) in [6.45, 7) is 0. The molecule has 0 aliphatic heterocycles. The number of nitrogens with one attached hydrogen (secondary N) is 1. The smallest absolute Gasteiger partial charge is 0.122 e. The van der Waals surface area contributed by atoms with Crippen LogP contribution in [0.2, 0.25) is 0 Å². The number of halogens is 1. The third-order valence-electron chi connectivity index (χ3n) is 5.18. The maximum absolute atomic E-state index is 7.58. The lowest BCUT2D eigenvalue weighted by Crippen LogP contribution is -2.10. The van der Waals surface area contributed by atoms with Crippen molar-refractivity contribution in [2.24, 2.45) is 5.73 Å². The number of hydrogen-bond donors (Lipinski definition) is 2. The summed E-state index contributed by atoms with van der Waals surface area (Å²) >= 11 is 3.73. The summed E-state index contributed by atoms with van der Waals surface area (Å²) in [5.74, 6) is 1.03. The highest BCUT2D eigenvalue weighted by Gasteiger charge is 2.16. The Labute approximate surface area is 173 Å². The minimum atomic E-state index is 0.0896. The summed E-state index contributed by atoms with van der Waals surface area (Å²) in [5, 5.41) is 9.77. The molecule has 4 rings (SSSR count). The summed E-state index contributed by atoms with van der Waals surface area (Å²) < 4.78 is 7.14. The van der Waals surface area contributed by atoms with E-state index >= 15 is 0 Å². The highest BCUT2D eigenvalue weighted by atomic mass is 79.9. The summed E-state index contributed by atoms with van der Waals surface area (Å²) in [5.41, 5.74) is 8.54. The van der Waals surface area contributed by atoms with E-state index in [2.05, 4.69) is 52.3 Å². The third kappa shape index (κ3) is 4.28. The minimum absolute atomic E-state index is 0.0896. The SMILES string of the molecule is N=C(N)c1ccc2cc(/C(Br)=C/c3cccc(OC4CCCC4)c3)ccc2c1. The number of benzene rings is 3. The Balaban J connectivity index is 1.57. The molecule has 0 heterocycles. The highest BCUT2D eigenvalue weighted by molar-refractivity contribution is 9.15. The van der Waals surface area contributed by atoms with Crippen LogP contribution in [-0.4, -0.2) is 11.9 Å². The molecule has 0 radical (unpaired) electrons. The summed E-state index contributed by atoms with van der Waals surface area (Å²) in [6, 6.07) is 20.4. The number of amidine groups is 1. The molecule has 3 nitrogen and oxygen atoms in total. The molecule has 4 heteroatoms. The summed E-state index contributed by atoms with van der Waals surface area (Å²) in [4.78, 5) is 0. The van der Waals surface area contributed by atoms with Crippen LogP contribution in [0.4, 0.5) is 0 Å². The van der Waals surface area contributed by atoms with Gasteiger partial charge in [-0.2, -0.15) is 0 Å². The molecule has 0 unspecified atom stereocenters. The predicted molar refractivity (Wildman–Crippen MR) is 121 cm³/mol. The number of nitrogens with two attached hydrogens (primary N) is 1. The average molecular weight is 435 g/mol. The van der Waals surface area contributed by atoms with E-state index in [1.165, 1.54) is 12.8 Å². The number of nitrogen functional groups attached to an aromatic ring is 1. The van der Waals surface area contributed by atoms with E-state index in [0.29, 0.717) is 6.10 Å². The normalized spacial score (nSPS) is 15.1. The van der Waals surface area contributed by atoms with E-state index in [0.717, 1.165) is 50.5 Å². The Morgan fingerprint density at radius 2 is 1.64 bits per heavy atom. The lowest BCUT2D eigenvalue weighted by Gasteiger charge is -2.13. The van der Waals surface area contributed by atoms with Gasteiger partial charge >= 0.3 is 0 Å². The van der Waals surface area contributed by atoms with Gasteiger partial charge in [-0.05, 0) is 77.9 Å². The van der Waals surface area contributed by atoms with Crippen LogP contribution in [-0.2, 0) is 0 Å². The van der Waals surface area contributed by atoms with Crippen LogP contribution < -0.4 is 10.5 Å². The second-order valence-corrected chi connectivity index (χ2v) is 8.13. The van der Waals surface area contributed by atoms with E-state index in [1.807, 2.05) is 30.3 Å². The zero-order valence-electron chi connectivity index (χ0n) is 15.6. The molecule has 1 saturated carbocycles. The van der Waals surface area contributed by atoms with E-state index < -0.39 is 0 Å². The predicted octanol–water partition coefficient (Wildman–Crippen LogP) is 6.34. The van der Waals surface area contributed by atoms with Crippen molar-refractivity contribution in [1.29, 1.82) is 5.41 Å². The molecular formula is C24H23BrN2O. The molecule has 28 heavy (non-hydrogen) atoms. The van der Waals surface area contributed by atoms with Crippen molar-refractivity contribution in [3.63, 3.8) is 0 Å². The quantitative estimate of drug-likeness (QED) is 0.279. The fourth-order valence-electron chi connectivity index (χ4n) is 3.67. The Morgan fingerprint density at radius 3 is 2.36 bits per heavy atom. The van der Waals surface area contributed by atoms with Crippen LogP contribution in [0.1, 0.15) is 42.4 Å². The van der Waals surface area contributed by atoms with Crippen molar-refractivity contribution in [3.8, 4) is 5.75 Å². The van der Waals surface area contributed by atoms with Crippen LogP contribution in [0.5, 0.6) is 5.75 Å². The maximum Gasteiger partial charge on any atom is 0.122 e. The van der Waals surface area contributed by atoms with E-state index in [-0.39, 0.29) is 5.84 Å². The molecule has 0 amide bonds. The molecular weight excluding hydrogens is 412 g/mol. The van der Waals surface area contributed by atoms with Gasteiger partial charge in [-0.3, -0.25) is 5.41 Å². The van der Waals surface area contributed by atoms with Crippen LogP contribution in [0.3, 0.4) is 0 Å². The summed E-state index contributed by atoms with van der Waals surface area (Å²) in [7, 11) is 0. The standard InChI is InChI=1S/C24H23BrN2O/c25-23(13-16-4-3-7-22(12-16)28-21-5-1-2-6-21)19-10-8-18-15-20(24(26)27)11-9-17(18)14-19/h3-4,7-15,21H,1-2,5-6H2,(H3,26,27)/b23-13-. The molecule has 0 saturated heterocycles. The van der Waals surface area contributed by atoms with Crippen LogP contribution in [0.25, 0.3) is 21.3 Å². The zero-order valence-corrected chi connectivity index (χ0v) is 17.2. The first-order chi connectivity index (χ1) is 13.6. The van der Waals surface area contributed by atoms with Crippen LogP contribution in [0, 0.1) is 5.41 Å². The molecule has 3 aromatic rings. The molecule has 0 atom stereocenters. The number of ether oxygens (including phenoxy) is 1. The van der Waals surface area contributed by atoms with Crippen molar-refractivity contribution in [1.82, 2.24) is 0 Å². The first-order valence-corrected chi connectivity index (χ1v) is 10.4. The van der Waals surface area contributed by atoms with Gasteiger partial charge in [-0.15, -0.1) is 0 Å². The molecule has 3 aromatic carbocycles. The minimum Gasteiger partial charge on any atom is -0.490 e. The van der Waals surface area contributed by atoms with Crippen molar-refractivity contribution >= 4 is 43.1 Å². The topological polar surface area (TPSA) is 59.1 Å². The first kappa shape index (κ1) is 18.8. The molecule has 1 fully saturated rings. The van der Waals surface area contributed by atoms with Gasteiger partial charge < -0.3 is 10.5 Å². The largest absolute Gasteiger partial charge is 0.490 e. The van der Waals surface area contributed by atoms with Gasteiger partial charge in [0.1, 0.15) is 11.6 Å². The second-order valence-electron chi connectivity index (χ2n) is 7.28. The monoisotopic (exact) mass is 434 g/mol. The van der Waals surface area contributed by atoms with E-state index in [9.17, 15) is 0 Å². The maximum atomic E-state index is 7.58. The van der Waals surface area contributed by atoms with Gasteiger partial charge in [0.2, 0.25) is 0 Å². The van der Waals surface area contributed by atoms with Gasteiger partial charge in [0.05, 0.1) is 6.10 Å². The number of rotatable bonds is 5. The van der Waals surface area contributed by atoms with Crippen LogP contribution >= 0.6 is 15.9 Å². The van der Waals surface area contributed by atoms with Crippen molar-refractivity contribution in [2.45, 2.75) is 31.8 Å². The van der Waals surface area contributed by atoms with Crippen molar-refractivity contribution < 1.29 is 4.74 Å². The van der Waals surface area contributed by atoms with Gasteiger partial charge in [-0.25, -0.2) is 0 Å². The average Bonchev–Trinajstić information content (AvgIpc) is 3.20. The molecule has 1 aliphatic rings. The lowest BCUT2D eigenvalue weighted by molar-refractivity contribution is 0.210. The molecule has 142 valence electrons. The van der Waals surface area contributed by atoms with Gasteiger partial charge in [-0.1, -0.05) is 52.3 Å². The Hall–Kier alpha value is -2.59. The van der Waals surface area contributed by atoms with Gasteiger partial charge in [0.25, 0.3) is 0 Å². The number of fused-ring (bicyclic) bond motifs is 1. The highest BCUT2D eigenvalue weighted by Crippen LogP contribution is 2.30. The molecule has 1 aliphatic carbocycles. The molecule has 3 N–H and O–H groups in total. The van der Waals surface area contributed by atoms with Gasteiger partial charge in [0, 0.05) is 10.0 Å². The van der Waals surface area contributed by atoms with Crippen LogP contribution in [0.15, 0.2) is 60.7 Å².